The largest absolute Gasteiger partial charge is 0.733 e. The number of carbonyl (C=O) groups excluding carboxylic acids is 1. The number of aromatic nitrogens is 1. The topological polar surface area (TPSA) is 88.5 Å². The van der Waals surface area contributed by atoms with E-state index in [1.807, 2.05) is 12.3 Å². The maximum absolute atomic E-state index is 13.2. The van der Waals surface area contributed by atoms with E-state index in [0.717, 1.165) is 24.8 Å². The number of rotatable bonds is 6. The van der Waals surface area contributed by atoms with Crippen LogP contribution in [0.1, 0.15) is 51.0 Å². The van der Waals surface area contributed by atoms with Gasteiger partial charge in [-0.15, -0.1) is 11.3 Å². The Morgan fingerprint density at radius 1 is 1.35 bits per heavy atom. The standard InChI is InChI=1S/C19H24N3O3S/c1-19(13-14-5-3-2-4-6-14,17(23)21-18-20-11-12-26-18)15-7-9-16(10-8-15)22(24)25/h7-12,14,24H,2-6,13H2,1H3,(H,20,21,23)/q-1/t19-/m0/s1. The molecule has 0 radical (unpaired) electrons. The molecule has 0 spiro atoms. The van der Waals surface area contributed by atoms with Gasteiger partial charge in [0, 0.05) is 11.6 Å². The molecule has 2 N–H and O–H groups in total. The maximum atomic E-state index is 13.2. The van der Waals surface area contributed by atoms with Crippen LogP contribution in [0.4, 0.5) is 10.8 Å². The van der Waals surface area contributed by atoms with Crippen LogP contribution >= 0.6 is 11.3 Å². The van der Waals surface area contributed by atoms with E-state index < -0.39 is 5.41 Å². The van der Waals surface area contributed by atoms with Gasteiger partial charge in [0.2, 0.25) is 5.91 Å². The van der Waals surface area contributed by atoms with E-state index in [1.54, 1.807) is 18.3 Å². The lowest BCUT2D eigenvalue weighted by atomic mass is 9.71. The molecule has 1 aliphatic rings. The van der Waals surface area contributed by atoms with Crippen molar-refractivity contribution in [1.82, 2.24) is 4.98 Å². The molecule has 1 saturated carbocycles. The van der Waals surface area contributed by atoms with Crippen LogP contribution in [0.2, 0.25) is 0 Å². The fourth-order valence-electron chi connectivity index (χ4n) is 3.79. The highest BCUT2D eigenvalue weighted by Gasteiger charge is 2.38. The Labute approximate surface area is 157 Å². The summed E-state index contributed by atoms with van der Waals surface area (Å²) in [5.74, 6) is 0.415. The molecule has 1 heterocycles. The van der Waals surface area contributed by atoms with Crippen LogP contribution in [0, 0.1) is 11.1 Å². The maximum Gasteiger partial charge on any atom is 0.236 e. The number of carbonyl (C=O) groups is 1. The van der Waals surface area contributed by atoms with Crippen LogP contribution in [0.3, 0.4) is 0 Å². The molecule has 1 aliphatic carbocycles. The van der Waals surface area contributed by atoms with Crippen LogP contribution < -0.4 is 10.5 Å². The molecule has 1 atom stereocenters. The van der Waals surface area contributed by atoms with E-state index in [4.69, 9.17) is 5.21 Å². The normalized spacial score (nSPS) is 17.5. The minimum absolute atomic E-state index is 0.0891. The van der Waals surface area contributed by atoms with Crippen molar-refractivity contribution in [3.05, 3.63) is 46.6 Å². The van der Waals surface area contributed by atoms with Gasteiger partial charge in [-0.05, 0) is 37.0 Å². The van der Waals surface area contributed by atoms with Crippen LogP contribution in [-0.4, -0.2) is 16.1 Å². The second-order valence-electron chi connectivity index (χ2n) is 7.15. The first-order valence-corrected chi connectivity index (χ1v) is 9.84. The number of amides is 1. The molecule has 140 valence electrons. The summed E-state index contributed by atoms with van der Waals surface area (Å²) < 4.78 is 0. The average molecular weight is 374 g/mol. The number of benzene rings is 1. The summed E-state index contributed by atoms with van der Waals surface area (Å²) in [6, 6.07) is 6.58. The van der Waals surface area contributed by atoms with Gasteiger partial charge in [0.1, 0.15) is 0 Å². The predicted octanol–water partition coefficient (Wildman–Crippen LogP) is 4.70. The van der Waals surface area contributed by atoms with Gasteiger partial charge >= 0.3 is 0 Å². The zero-order valence-corrected chi connectivity index (χ0v) is 15.7. The SMILES string of the molecule is C[C@@](CC1CCCCC1)(C(=O)Nc1nccs1)c1ccc(N([O-])O)cc1. The van der Waals surface area contributed by atoms with E-state index in [-0.39, 0.29) is 16.8 Å². The molecule has 1 aromatic carbocycles. The van der Waals surface area contributed by atoms with Crippen LogP contribution in [0.15, 0.2) is 35.8 Å². The highest BCUT2D eigenvalue weighted by atomic mass is 32.1. The van der Waals surface area contributed by atoms with Gasteiger partial charge in [-0.25, -0.2) is 4.98 Å². The molecule has 1 fully saturated rings. The summed E-state index contributed by atoms with van der Waals surface area (Å²) in [6.07, 6.45) is 8.39. The molecule has 0 unspecified atom stereocenters. The van der Waals surface area contributed by atoms with Crippen molar-refractivity contribution in [3.8, 4) is 0 Å². The van der Waals surface area contributed by atoms with Crippen molar-refractivity contribution in [1.29, 1.82) is 0 Å². The van der Waals surface area contributed by atoms with E-state index in [0.29, 0.717) is 11.0 Å². The third-order valence-electron chi connectivity index (χ3n) is 5.30. The molecule has 1 aromatic heterocycles. The second kappa shape index (κ2) is 8.16. The Kier molecular flexibility index (Phi) is 5.90. The summed E-state index contributed by atoms with van der Waals surface area (Å²) in [7, 11) is 0. The number of hydrogen-bond donors (Lipinski definition) is 2. The third kappa shape index (κ3) is 4.23. The number of hydrogen-bond acceptors (Lipinski definition) is 6. The van der Waals surface area contributed by atoms with Crippen LogP contribution in [0.5, 0.6) is 0 Å². The lowest BCUT2D eigenvalue weighted by molar-refractivity contribution is -0.121. The third-order valence-corrected chi connectivity index (χ3v) is 5.99. The minimum atomic E-state index is -0.727. The van der Waals surface area contributed by atoms with E-state index >= 15 is 0 Å². The van der Waals surface area contributed by atoms with Gasteiger partial charge in [0.05, 0.1) is 11.1 Å². The van der Waals surface area contributed by atoms with Crippen LogP contribution in [-0.2, 0) is 10.2 Å². The molecule has 0 saturated heterocycles. The number of nitrogens with one attached hydrogen (secondary N) is 1. The molecule has 2 aromatic rings. The zero-order chi connectivity index (χ0) is 18.6. The molecule has 26 heavy (non-hydrogen) atoms. The number of anilines is 2. The molecule has 7 heteroatoms. The fourth-order valence-corrected chi connectivity index (χ4v) is 4.31. The van der Waals surface area contributed by atoms with E-state index in [9.17, 15) is 10.0 Å². The van der Waals surface area contributed by atoms with Crippen molar-refractivity contribution >= 4 is 28.1 Å². The number of nitrogens with zero attached hydrogens (tertiary/aromatic N) is 2. The zero-order valence-electron chi connectivity index (χ0n) is 14.9. The first-order valence-electron chi connectivity index (χ1n) is 8.96. The first-order chi connectivity index (χ1) is 12.5. The van der Waals surface area contributed by atoms with Gasteiger partial charge in [-0.1, -0.05) is 44.2 Å². The molecule has 0 bridgehead atoms. The molecule has 0 aliphatic heterocycles. The van der Waals surface area contributed by atoms with Crippen molar-refractivity contribution in [2.75, 3.05) is 10.5 Å². The summed E-state index contributed by atoms with van der Waals surface area (Å²) >= 11 is 1.39. The first kappa shape index (κ1) is 18.8. The Bertz CT molecular complexity index is 712. The van der Waals surface area contributed by atoms with Gasteiger partial charge in [-0.3, -0.25) is 10.0 Å². The Balaban J connectivity index is 1.87. The summed E-state index contributed by atoms with van der Waals surface area (Å²) in [4.78, 5) is 17.3. The highest BCUT2D eigenvalue weighted by molar-refractivity contribution is 7.13. The van der Waals surface area contributed by atoms with Gasteiger partial charge < -0.3 is 15.8 Å². The monoisotopic (exact) mass is 374 g/mol. The summed E-state index contributed by atoms with van der Waals surface area (Å²) in [6.45, 7) is 1.95. The molecular formula is C19H24N3O3S-. The van der Waals surface area contributed by atoms with Gasteiger partial charge in [-0.2, -0.15) is 0 Å². The molecule has 6 nitrogen and oxygen atoms in total. The number of thiazole rings is 1. The van der Waals surface area contributed by atoms with Crippen molar-refractivity contribution in [2.45, 2.75) is 50.9 Å². The smallest absolute Gasteiger partial charge is 0.236 e. The Hall–Kier alpha value is -1.96. The Morgan fingerprint density at radius 2 is 2.04 bits per heavy atom. The fraction of sp³-hybridized carbons (Fsp3) is 0.474. The van der Waals surface area contributed by atoms with Crippen molar-refractivity contribution in [3.63, 3.8) is 0 Å². The lowest BCUT2D eigenvalue weighted by Gasteiger charge is -2.34. The van der Waals surface area contributed by atoms with Crippen molar-refractivity contribution in [2.24, 2.45) is 5.92 Å². The van der Waals surface area contributed by atoms with E-state index in [2.05, 4.69) is 10.3 Å². The highest BCUT2D eigenvalue weighted by Crippen LogP contribution is 2.38. The Morgan fingerprint density at radius 3 is 2.62 bits per heavy atom. The molecule has 3 rings (SSSR count). The van der Waals surface area contributed by atoms with Gasteiger partial charge in [0.25, 0.3) is 0 Å². The minimum Gasteiger partial charge on any atom is -0.733 e. The second-order valence-corrected chi connectivity index (χ2v) is 8.05. The molecular weight excluding hydrogens is 350 g/mol. The summed E-state index contributed by atoms with van der Waals surface area (Å²) in [5.41, 5.74) is 0.256. The molecule has 1 amide bonds. The van der Waals surface area contributed by atoms with E-state index in [1.165, 1.54) is 42.7 Å². The van der Waals surface area contributed by atoms with Crippen molar-refractivity contribution < 1.29 is 10.0 Å². The summed E-state index contributed by atoms with van der Waals surface area (Å²) in [5, 5.41) is 25.3. The lowest BCUT2D eigenvalue weighted by Crippen LogP contribution is -2.39. The predicted molar refractivity (Wildman–Crippen MR) is 103 cm³/mol. The quantitative estimate of drug-likeness (QED) is 0.715. The van der Waals surface area contributed by atoms with Crippen LogP contribution in [0.25, 0.3) is 0 Å². The van der Waals surface area contributed by atoms with Gasteiger partial charge in [0.15, 0.2) is 5.13 Å². The average Bonchev–Trinajstić information content (AvgIpc) is 3.15.